The van der Waals surface area contributed by atoms with E-state index >= 15 is 0 Å². The molecule has 0 unspecified atom stereocenters. The van der Waals surface area contributed by atoms with Gasteiger partial charge in [0.1, 0.15) is 34.2 Å². The molecule has 0 bridgehead atoms. The molecule has 0 saturated carbocycles. The van der Waals surface area contributed by atoms with Crippen LogP contribution in [0.3, 0.4) is 0 Å². The second-order valence-corrected chi connectivity index (χ2v) is 17.9. The number of furan rings is 1. The Morgan fingerprint density at radius 3 is 1.46 bits per heavy atom. The highest BCUT2D eigenvalue weighted by Crippen LogP contribution is 2.61. The Balaban J connectivity index is 0.919. The largest absolute Gasteiger partial charge is 0.457 e. The van der Waals surface area contributed by atoms with Gasteiger partial charge in [0.15, 0.2) is 0 Å². The Kier molecular flexibility index (Phi) is 8.77. The van der Waals surface area contributed by atoms with Crippen LogP contribution in [-0.2, 0) is 5.41 Å². The molecule has 1 aromatic heterocycles. The Labute approximate surface area is 399 Å². The van der Waals surface area contributed by atoms with E-state index in [1.165, 1.54) is 16.7 Å². The van der Waals surface area contributed by atoms with Crippen LogP contribution in [0.25, 0.3) is 66.1 Å². The van der Waals surface area contributed by atoms with Gasteiger partial charge in [-0.25, -0.2) is 0 Å². The fourth-order valence-electron chi connectivity index (χ4n) is 11.1. The van der Waals surface area contributed by atoms with Gasteiger partial charge in [-0.2, -0.15) is 0 Å². The molecule has 1 spiro atoms. The van der Waals surface area contributed by atoms with Crippen LogP contribution >= 0.6 is 0 Å². The zero-order valence-corrected chi connectivity index (χ0v) is 37.3. The first-order valence-electron chi connectivity index (χ1n) is 23.5. The van der Waals surface area contributed by atoms with E-state index in [1.54, 1.807) is 0 Å². The van der Waals surface area contributed by atoms with Crippen LogP contribution in [0.15, 0.2) is 253 Å². The van der Waals surface area contributed by atoms with Crippen molar-refractivity contribution < 1.29 is 13.9 Å². The molecule has 0 saturated heterocycles. The fourth-order valence-corrected chi connectivity index (χ4v) is 11.1. The van der Waals surface area contributed by atoms with Gasteiger partial charge in [0.25, 0.3) is 0 Å². The Bertz CT molecular complexity index is 3900. The molecule has 11 aromatic carbocycles. The molecule has 324 valence electrons. The summed E-state index contributed by atoms with van der Waals surface area (Å²) < 4.78 is 20.2. The summed E-state index contributed by atoms with van der Waals surface area (Å²) in [5, 5.41) is 4.34. The molecular formula is C65H41NO3. The van der Waals surface area contributed by atoms with Crippen molar-refractivity contribution in [2.45, 2.75) is 5.41 Å². The lowest BCUT2D eigenvalue weighted by Gasteiger charge is -2.44. The summed E-state index contributed by atoms with van der Waals surface area (Å²) in [6, 6.07) is 88.3. The number of fused-ring (bicyclic) bond motifs is 13. The van der Waals surface area contributed by atoms with Gasteiger partial charge in [-0.3, -0.25) is 0 Å². The monoisotopic (exact) mass is 883 g/mol. The number of hydrogen-bond donors (Lipinski definition) is 0. The van der Waals surface area contributed by atoms with Gasteiger partial charge in [0.2, 0.25) is 0 Å². The van der Waals surface area contributed by atoms with E-state index in [-0.39, 0.29) is 0 Å². The first-order valence-corrected chi connectivity index (χ1v) is 23.5. The molecule has 14 rings (SSSR count). The second kappa shape index (κ2) is 15.5. The van der Waals surface area contributed by atoms with Gasteiger partial charge in [-0.1, -0.05) is 188 Å². The molecule has 0 atom stereocenters. The number of benzene rings is 11. The van der Waals surface area contributed by atoms with Crippen LogP contribution in [0.1, 0.15) is 22.3 Å². The number of rotatable bonds is 6. The SMILES string of the molecule is c1ccc(-c2ccccc2-c2ccc(N(c3ccc(-c4ccc5c(c4)Oc4ccccc4C54c5ccccc5Oc5ccccc54)cc3)c3cc4ccccc4c4oc5ccccc5c34)cc2)cc1. The van der Waals surface area contributed by atoms with Crippen molar-refractivity contribution in [1.82, 2.24) is 0 Å². The molecule has 0 N–H and O–H groups in total. The van der Waals surface area contributed by atoms with Gasteiger partial charge < -0.3 is 18.8 Å². The standard InChI is InChI=1S/C65H41NO3/c1-2-16-43(17-3-1)49-19-6-7-20-50(49)44-32-37-48(38-33-44)66(57-40-46-18-4-5-21-51(46)64-63(57)52-22-8-12-26-58(52)69-64)47-35-30-42(31-36-47)45-34-39-56-62(41-45)68-61-29-15-11-25-55(61)65(56)53-23-9-13-27-59(53)67-60-28-14-10-24-54(60)65/h1-41H. The zero-order chi connectivity index (χ0) is 45.5. The van der Waals surface area contributed by atoms with Crippen LogP contribution in [0.4, 0.5) is 17.1 Å². The Morgan fingerprint density at radius 2 is 0.812 bits per heavy atom. The smallest absolute Gasteiger partial charge is 0.145 e. The summed E-state index contributed by atoms with van der Waals surface area (Å²) in [5.74, 6) is 3.36. The first-order chi connectivity index (χ1) is 34.2. The third kappa shape index (κ3) is 6.02. The van der Waals surface area contributed by atoms with Crippen LogP contribution in [0, 0.1) is 0 Å². The maximum atomic E-state index is 6.89. The average molecular weight is 884 g/mol. The minimum atomic E-state index is -0.639. The van der Waals surface area contributed by atoms with Crippen LogP contribution in [0.5, 0.6) is 23.0 Å². The summed E-state index contributed by atoms with van der Waals surface area (Å²) >= 11 is 0. The van der Waals surface area contributed by atoms with Crippen molar-refractivity contribution in [2.75, 3.05) is 4.90 Å². The van der Waals surface area contributed by atoms with Gasteiger partial charge in [0, 0.05) is 44.4 Å². The van der Waals surface area contributed by atoms with E-state index in [4.69, 9.17) is 13.9 Å². The minimum absolute atomic E-state index is 0.639. The van der Waals surface area contributed by atoms with Crippen molar-refractivity contribution in [3.63, 3.8) is 0 Å². The zero-order valence-electron chi connectivity index (χ0n) is 37.3. The predicted octanol–water partition coefficient (Wildman–Crippen LogP) is 17.8. The van der Waals surface area contributed by atoms with Crippen molar-refractivity contribution in [2.24, 2.45) is 0 Å². The fraction of sp³-hybridized carbons (Fsp3) is 0.0154. The highest BCUT2D eigenvalue weighted by atomic mass is 16.5. The third-order valence-electron chi connectivity index (χ3n) is 14.2. The molecule has 2 aliphatic rings. The van der Waals surface area contributed by atoms with Crippen molar-refractivity contribution in [3.05, 3.63) is 271 Å². The summed E-state index contributed by atoms with van der Waals surface area (Å²) in [6.07, 6.45) is 0. The lowest BCUT2D eigenvalue weighted by atomic mass is 9.62. The third-order valence-corrected chi connectivity index (χ3v) is 14.2. The summed E-state index contributed by atoms with van der Waals surface area (Å²) in [5.41, 5.74) is 15.4. The predicted molar refractivity (Wildman–Crippen MR) is 281 cm³/mol. The maximum Gasteiger partial charge on any atom is 0.145 e. The molecule has 0 fully saturated rings. The number of anilines is 3. The van der Waals surface area contributed by atoms with E-state index < -0.39 is 5.41 Å². The molecule has 69 heavy (non-hydrogen) atoms. The molecule has 2 aliphatic heterocycles. The quantitative estimate of drug-likeness (QED) is 0.167. The normalized spacial score (nSPS) is 13.0. The van der Waals surface area contributed by atoms with Gasteiger partial charge in [0.05, 0.1) is 16.5 Å². The van der Waals surface area contributed by atoms with Crippen LogP contribution in [0.2, 0.25) is 0 Å². The van der Waals surface area contributed by atoms with Gasteiger partial charge >= 0.3 is 0 Å². The number of ether oxygens (including phenoxy) is 2. The van der Waals surface area contributed by atoms with E-state index in [9.17, 15) is 0 Å². The summed E-state index contributed by atoms with van der Waals surface area (Å²) in [7, 11) is 0. The molecular weight excluding hydrogens is 843 g/mol. The number of hydrogen-bond acceptors (Lipinski definition) is 4. The van der Waals surface area contributed by atoms with E-state index in [0.717, 1.165) is 112 Å². The average Bonchev–Trinajstić information content (AvgIpc) is 3.82. The van der Waals surface area contributed by atoms with E-state index in [2.05, 4.69) is 235 Å². The van der Waals surface area contributed by atoms with Crippen LogP contribution < -0.4 is 14.4 Å². The molecule has 4 heteroatoms. The maximum absolute atomic E-state index is 6.89. The topological polar surface area (TPSA) is 34.8 Å². The molecule has 12 aromatic rings. The van der Waals surface area contributed by atoms with Crippen LogP contribution in [-0.4, -0.2) is 0 Å². The Morgan fingerprint density at radius 1 is 0.333 bits per heavy atom. The Hall–Kier alpha value is -9.12. The molecule has 0 amide bonds. The lowest BCUT2D eigenvalue weighted by Crippen LogP contribution is -2.36. The molecule has 0 radical (unpaired) electrons. The van der Waals surface area contributed by atoms with Crippen molar-refractivity contribution in [1.29, 1.82) is 0 Å². The highest BCUT2D eigenvalue weighted by molar-refractivity contribution is 6.22. The van der Waals surface area contributed by atoms with Crippen molar-refractivity contribution in [3.8, 4) is 56.4 Å². The molecule has 0 aliphatic carbocycles. The summed E-state index contributed by atoms with van der Waals surface area (Å²) in [6.45, 7) is 0. The highest BCUT2D eigenvalue weighted by Gasteiger charge is 2.50. The molecule has 4 nitrogen and oxygen atoms in total. The lowest BCUT2D eigenvalue weighted by molar-refractivity contribution is 0.399. The second-order valence-electron chi connectivity index (χ2n) is 17.9. The van der Waals surface area contributed by atoms with E-state index in [0.29, 0.717) is 0 Å². The first kappa shape index (κ1) is 39.1. The minimum Gasteiger partial charge on any atom is -0.457 e. The van der Waals surface area contributed by atoms with E-state index in [1.807, 2.05) is 18.2 Å². The summed E-state index contributed by atoms with van der Waals surface area (Å²) in [4.78, 5) is 2.38. The van der Waals surface area contributed by atoms with Gasteiger partial charge in [-0.05, 0) is 99.4 Å². The van der Waals surface area contributed by atoms with Gasteiger partial charge in [-0.15, -0.1) is 0 Å². The number of para-hydroxylation sites is 4. The van der Waals surface area contributed by atoms with Crippen molar-refractivity contribution >= 4 is 49.8 Å². The molecule has 3 heterocycles. The number of nitrogens with zero attached hydrogens (tertiary/aromatic N) is 1.